The Kier molecular flexibility index (Phi) is 4.57. The molecule has 3 aromatic rings. The van der Waals surface area contributed by atoms with Crippen LogP contribution in [0.25, 0.3) is 11.3 Å². The van der Waals surface area contributed by atoms with E-state index in [1.807, 2.05) is 36.5 Å². The SMILES string of the molecule is C(=Nc1ccc(N2CCOCC2)cc1)c1cn[nH]c1-c1ccccc1. The summed E-state index contributed by atoms with van der Waals surface area (Å²) in [5.41, 5.74) is 5.20. The third kappa shape index (κ3) is 3.61. The summed E-state index contributed by atoms with van der Waals surface area (Å²) in [5, 5.41) is 7.20. The second-order valence-electron chi connectivity index (χ2n) is 5.94. The van der Waals surface area contributed by atoms with Crippen molar-refractivity contribution in [1.29, 1.82) is 0 Å². The standard InChI is InChI=1S/C20H20N4O/c1-2-4-16(5-3-1)20-17(15-22-23-20)14-21-18-6-8-19(9-7-18)24-10-12-25-13-11-24/h1-9,14-15H,10-13H2,(H,22,23). The number of aromatic amines is 1. The molecule has 0 saturated carbocycles. The first-order valence-corrected chi connectivity index (χ1v) is 8.46. The summed E-state index contributed by atoms with van der Waals surface area (Å²) < 4.78 is 5.40. The summed E-state index contributed by atoms with van der Waals surface area (Å²) in [6, 6.07) is 18.5. The van der Waals surface area contributed by atoms with Gasteiger partial charge in [-0.1, -0.05) is 30.3 Å². The number of benzene rings is 2. The van der Waals surface area contributed by atoms with Crippen LogP contribution in [0, 0.1) is 0 Å². The minimum absolute atomic E-state index is 0.794. The molecule has 1 N–H and O–H groups in total. The summed E-state index contributed by atoms with van der Waals surface area (Å²) in [7, 11) is 0. The molecule has 0 unspecified atom stereocenters. The molecule has 0 atom stereocenters. The summed E-state index contributed by atoms with van der Waals surface area (Å²) in [6.45, 7) is 3.47. The third-order valence-electron chi connectivity index (χ3n) is 4.31. The van der Waals surface area contributed by atoms with Crippen LogP contribution in [0.15, 0.2) is 65.8 Å². The summed E-state index contributed by atoms with van der Waals surface area (Å²) in [5.74, 6) is 0. The van der Waals surface area contributed by atoms with E-state index in [-0.39, 0.29) is 0 Å². The quantitative estimate of drug-likeness (QED) is 0.742. The van der Waals surface area contributed by atoms with Gasteiger partial charge in [0, 0.05) is 36.1 Å². The van der Waals surface area contributed by atoms with Gasteiger partial charge < -0.3 is 9.64 Å². The van der Waals surface area contributed by atoms with Gasteiger partial charge in [0.25, 0.3) is 0 Å². The lowest BCUT2D eigenvalue weighted by Crippen LogP contribution is -2.36. The van der Waals surface area contributed by atoms with Crippen LogP contribution in [0.1, 0.15) is 5.56 Å². The van der Waals surface area contributed by atoms with Crippen LogP contribution in [0.5, 0.6) is 0 Å². The average molecular weight is 332 g/mol. The number of H-pyrrole nitrogens is 1. The normalized spacial score (nSPS) is 15.0. The van der Waals surface area contributed by atoms with E-state index in [9.17, 15) is 0 Å². The summed E-state index contributed by atoms with van der Waals surface area (Å²) in [4.78, 5) is 6.93. The van der Waals surface area contributed by atoms with Gasteiger partial charge in [0.15, 0.2) is 0 Å². The largest absolute Gasteiger partial charge is 0.378 e. The van der Waals surface area contributed by atoms with Gasteiger partial charge in [0.2, 0.25) is 0 Å². The molecular formula is C20H20N4O. The lowest BCUT2D eigenvalue weighted by atomic mass is 10.1. The van der Waals surface area contributed by atoms with E-state index < -0.39 is 0 Å². The molecule has 2 heterocycles. The molecule has 25 heavy (non-hydrogen) atoms. The van der Waals surface area contributed by atoms with E-state index in [1.165, 1.54) is 5.69 Å². The van der Waals surface area contributed by atoms with Gasteiger partial charge in [0.05, 0.1) is 30.8 Å². The van der Waals surface area contributed by atoms with E-state index in [2.05, 4.69) is 44.4 Å². The van der Waals surface area contributed by atoms with Crippen molar-refractivity contribution in [3.05, 3.63) is 66.4 Å². The number of rotatable bonds is 4. The minimum atomic E-state index is 0.794. The predicted octanol–water partition coefficient (Wildman–Crippen LogP) is 3.66. The van der Waals surface area contributed by atoms with Crippen LogP contribution < -0.4 is 4.90 Å². The molecular weight excluding hydrogens is 312 g/mol. The number of aliphatic imine (C=N–C) groups is 1. The molecule has 4 rings (SSSR count). The van der Waals surface area contributed by atoms with E-state index in [4.69, 9.17) is 4.74 Å². The molecule has 5 heteroatoms. The second kappa shape index (κ2) is 7.32. The second-order valence-corrected chi connectivity index (χ2v) is 5.94. The zero-order chi connectivity index (χ0) is 16.9. The zero-order valence-electron chi connectivity index (χ0n) is 13.9. The van der Waals surface area contributed by atoms with Crippen LogP contribution in [-0.2, 0) is 4.74 Å². The number of hydrogen-bond acceptors (Lipinski definition) is 4. The van der Waals surface area contributed by atoms with Crippen molar-refractivity contribution < 1.29 is 4.74 Å². The summed E-state index contributed by atoms with van der Waals surface area (Å²) in [6.07, 6.45) is 3.66. The first-order valence-electron chi connectivity index (χ1n) is 8.46. The van der Waals surface area contributed by atoms with Gasteiger partial charge >= 0.3 is 0 Å². The molecule has 1 aliphatic heterocycles. The molecule has 1 saturated heterocycles. The molecule has 1 aliphatic rings. The zero-order valence-corrected chi connectivity index (χ0v) is 13.9. The molecule has 0 amide bonds. The van der Waals surface area contributed by atoms with Crippen molar-refractivity contribution in [1.82, 2.24) is 10.2 Å². The minimum Gasteiger partial charge on any atom is -0.378 e. The third-order valence-corrected chi connectivity index (χ3v) is 4.31. The molecule has 0 bridgehead atoms. The van der Waals surface area contributed by atoms with E-state index >= 15 is 0 Å². The van der Waals surface area contributed by atoms with Crippen LogP contribution >= 0.6 is 0 Å². The van der Waals surface area contributed by atoms with Gasteiger partial charge in [-0.25, -0.2) is 0 Å². The topological polar surface area (TPSA) is 53.5 Å². The van der Waals surface area contributed by atoms with Crippen LogP contribution in [-0.4, -0.2) is 42.7 Å². The molecule has 126 valence electrons. The van der Waals surface area contributed by atoms with E-state index in [0.29, 0.717) is 0 Å². The maximum atomic E-state index is 5.40. The number of hydrogen-bond donors (Lipinski definition) is 1. The van der Waals surface area contributed by atoms with Crippen molar-refractivity contribution in [2.45, 2.75) is 0 Å². The number of aromatic nitrogens is 2. The Bertz CT molecular complexity index is 834. The highest BCUT2D eigenvalue weighted by Gasteiger charge is 2.10. The average Bonchev–Trinajstić information content (AvgIpc) is 3.17. The fraction of sp³-hybridized carbons (Fsp3) is 0.200. The Hall–Kier alpha value is -2.92. The fourth-order valence-corrected chi connectivity index (χ4v) is 2.94. The highest BCUT2D eigenvalue weighted by molar-refractivity contribution is 5.89. The van der Waals surface area contributed by atoms with Gasteiger partial charge in [-0.2, -0.15) is 5.10 Å². The number of morpholine rings is 1. The van der Waals surface area contributed by atoms with E-state index in [1.54, 1.807) is 6.20 Å². The van der Waals surface area contributed by atoms with Gasteiger partial charge in [-0.05, 0) is 24.3 Å². The Morgan fingerprint density at radius 2 is 1.76 bits per heavy atom. The monoisotopic (exact) mass is 332 g/mol. The van der Waals surface area contributed by atoms with Crippen molar-refractivity contribution in [3.8, 4) is 11.3 Å². The van der Waals surface area contributed by atoms with Gasteiger partial charge in [-0.3, -0.25) is 10.1 Å². The lowest BCUT2D eigenvalue weighted by molar-refractivity contribution is 0.122. The highest BCUT2D eigenvalue weighted by Crippen LogP contribution is 2.22. The number of nitrogens with zero attached hydrogens (tertiary/aromatic N) is 3. The Balaban J connectivity index is 1.50. The van der Waals surface area contributed by atoms with Crippen LogP contribution in [0.3, 0.4) is 0 Å². The van der Waals surface area contributed by atoms with Gasteiger partial charge in [-0.15, -0.1) is 0 Å². The Labute approximate surface area is 147 Å². The number of anilines is 1. The maximum Gasteiger partial charge on any atom is 0.0738 e. The molecule has 1 fully saturated rings. The van der Waals surface area contributed by atoms with Crippen LogP contribution in [0.4, 0.5) is 11.4 Å². The number of nitrogens with one attached hydrogen (secondary N) is 1. The fourth-order valence-electron chi connectivity index (χ4n) is 2.94. The first-order chi connectivity index (χ1) is 12.4. The molecule has 0 spiro atoms. The first kappa shape index (κ1) is 15.6. The molecule has 0 aliphatic carbocycles. The smallest absolute Gasteiger partial charge is 0.0738 e. The summed E-state index contributed by atoms with van der Waals surface area (Å²) >= 11 is 0. The molecule has 1 aromatic heterocycles. The highest BCUT2D eigenvalue weighted by atomic mass is 16.5. The van der Waals surface area contributed by atoms with Crippen molar-refractivity contribution >= 4 is 17.6 Å². The van der Waals surface area contributed by atoms with Crippen molar-refractivity contribution in [3.63, 3.8) is 0 Å². The molecule has 5 nitrogen and oxygen atoms in total. The molecule has 0 radical (unpaired) electrons. The number of ether oxygens (including phenoxy) is 1. The lowest BCUT2D eigenvalue weighted by Gasteiger charge is -2.28. The van der Waals surface area contributed by atoms with Gasteiger partial charge in [0.1, 0.15) is 0 Å². The molecule has 2 aromatic carbocycles. The van der Waals surface area contributed by atoms with Crippen molar-refractivity contribution in [2.75, 3.05) is 31.2 Å². The van der Waals surface area contributed by atoms with Crippen LogP contribution in [0.2, 0.25) is 0 Å². The predicted molar refractivity (Wildman–Crippen MR) is 101 cm³/mol. The van der Waals surface area contributed by atoms with Crippen molar-refractivity contribution in [2.24, 2.45) is 4.99 Å². The van der Waals surface area contributed by atoms with E-state index in [0.717, 1.165) is 48.8 Å². The Morgan fingerprint density at radius 1 is 1.00 bits per heavy atom. The Morgan fingerprint density at radius 3 is 2.52 bits per heavy atom. The maximum absolute atomic E-state index is 5.40.